The van der Waals surface area contributed by atoms with Crippen molar-refractivity contribution in [2.75, 3.05) is 33.9 Å². The normalized spacial score (nSPS) is 17.5. The van der Waals surface area contributed by atoms with Gasteiger partial charge < -0.3 is 19.2 Å². The van der Waals surface area contributed by atoms with Crippen LogP contribution in [0.4, 0.5) is 0 Å². The van der Waals surface area contributed by atoms with Crippen LogP contribution in [0.5, 0.6) is 11.5 Å². The second-order valence-electron chi connectivity index (χ2n) is 9.55. The predicted octanol–water partition coefficient (Wildman–Crippen LogP) is 3.55. The highest BCUT2D eigenvalue weighted by Gasteiger charge is 2.37. The fourth-order valence-corrected chi connectivity index (χ4v) is 4.84. The minimum atomic E-state index is -0.258. The average Bonchev–Trinajstić information content (AvgIpc) is 3.07. The van der Waals surface area contributed by atoms with Crippen LogP contribution in [0.2, 0.25) is 0 Å². The van der Waals surface area contributed by atoms with Gasteiger partial charge in [-0.2, -0.15) is 0 Å². The van der Waals surface area contributed by atoms with Crippen LogP contribution in [0.15, 0.2) is 16.5 Å². The molecule has 2 heterocycles. The largest absolute Gasteiger partial charge is 0.493 e. The van der Waals surface area contributed by atoms with E-state index in [2.05, 4.69) is 16.3 Å². The van der Waals surface area contributed by atoms with E-state index in [0.29, 0.717) is 36.3 Å². The molecule has 1 amide bonds. The Morgan fingerprint density at radius 3 is 2.53 bits per heavy atom. The summed E-state index contributed by atoms with van der Waals surface area (Å²) in [4.78, 5) is 27.6. The molecule has 1 aromatic heterocycles. The van der Waals surface area contributed by atoms with Crippen molar-refractivity contribution in [3.8, 4) is 11.5 Å². The summed E-state index contributed by atoms with van der Waals surface area (Å²) in [5, 5.41) is 2.97. The number of carbonyl (C=O) groups is 2. The first-order valence-corrected chi connectivity index (χ1v) is 11.1. The Balaban J connectivity index is 1.37. The van der Waals surface area contributed by atoms with Crippen molar-refractivity contribution < 1.29 is 23.5 Å². The van der Waals surface area contributed by atoms with E-state index in [1.807, 2.05) is 19.9 Å². The average molecular weight is 441 g/mol. The summed E-state index contributed by atoms with van der Waals surface area (Å²) in [6, 6.07) is 4.09. The molecular formula is C25H32N2O5. The first kappa shape index (κ1) is 22.4. The highest BCUT2D eigenvalue weighted by atomic mass is 16.5. The van der Waals surface area contributed by atoms with E-state index in [1.54, 1.807) is 21.1 Å². The maximum atomic E-state index is 12.8. The molecule has 7 nitrogen and oxygen atoms in total. The third kappa shape index (κ3) is 4.26. The number of ketones is 1. The van der Waals surface area contributed by atoms with Crippen molar-refractivity contribution in [2.45, 2.75) is 46.6 Å². The van der Waals surface area contributed by atoms with Crippen molar-refractivity contribution in [3.05, 3.63) is 45.9 Å². The first-order valence-electron chi connectivity index (χ1n) is 11.1. The molecule has 0 unspecified atom stereocenters. The van der Waals surface area contributed by atoms with Gasteiger partial charge in [0.05, 0.1) is 19.8 Å². The molecule has 32 heavy (non-hydrogen) atoms. The lowest BCUT2D eigenvalue weighted by Crippen LogP contribution is -2.38. The molecule has 172 valence electrons. The van der Waals surface area contributed by atoms with Crippen LogP contribution in [0.25, 0.3) is 0 Å². The minimum Gasteiger partial charge on any atom is -0.493 e. The Labute approximate surface area is 189 Å². The zero-order chi connectivity index (χ0) is 23.0. The molecular weight excluding hydrogens is 408 g/mol. The van der Waals surface area contributed by atoms with Crippen LogP contribution in [0, 0.1) is 12.3 Å². The predicted molar refractivity (Wildman–Crippen MR) is 121 cm³/mol. The van der Waals surface area contributed by atoms with Gasteiger partial charge in [-0.1, -0.05) is 13.8 Å². The van der Waals surface area contributed by atoms with E-state index >= 15 is 0 Å². The highest BCUT2D eigenvalue weighted by molar-refractivity contribution is 6.03. The molecule has 4 rings (SSSR count). The summed E-state index contributed by atoms with van der Waals surface area (Å²) in [7, 11) is 3.29. The highest BCUT2D eigenvalue weighted by Crippen LogP contribution is 2.38. The first-order chi connectivity index (χ1) is 15.2. The molecule has 1 aliphatic heterocycles. The van der Waals surface area contributed by atoms with Gasteiger partial charge in [0.15, 0.2) is 23.0 Å². The van der Waals surface area contributed by atoms with Gasteiger partial charge in [0, 0.05) is 44.6 Å². The van der Waals surface area contributed by atoms with Crippen molar-refractivity contribution in [1.29, 1.82) is 0 Å². The second-order valence-corrected chi connectivity index (χ2v) is 9.55. The number of fused-ring (bicyclic) bond motifs is 2. The lowest BCUT2D eigenvalue weighted by molar-refractivity contribution is 0.0887. The van der Waals surface area contributed by atoms with E-state index in [4.69, 9.17) is 13.9 Å². The molecule has 1 aliphatic carbocycles. The summed E-state index contributed by atoms with van der Waals surface area (Å²) < 4.78 is 16.7. The molecule has 0 radical (unpaired) electrons. The molecule has 1 aromatic carbocycles. The number of nitrogens with one attached hydrogen (secondary N) is 1. The maximum absolute atomic E-state index is 12.8. The molecule has 2 aromatic rings. The number of methoxy groups -OCH3 is 2. The van der Waals surface area contributed by atoms with Gasteiger partial charge in [-0.15, -0.1) is 0 Å². The summed E-state index contributed by atoms with van der Waals surface area (Å²) in [5.74, 6) is 2.21. The number of carbonyl (C=O) groups excluding carboxylic acids is 2. The van der Waals surface area contributed by atoms with Crippen molar-refractivity contribution >= 4 is 11.7 Å². The SMILES string of the molecule is COc1cc2c(cc1OC)CN(CCNC(=O)c1oc3c(c1C)C(=O)CC(C)(C)C3)CC2. The number of benzene rings is 1. The van der Waals surface area contributed by atoms with Crippen LogP contribution in [-0.2, 0) is 19.4 Å². The van der Waals surface area contributed by atoms with Gasteiger partial charge in [-0.25, -0.2) is 0 Å². The summed E-state index contributed by atoms with van der Waals surface area (Å²) in [5.41, 5.74) is 3.61. The van der Waals surface area contributed by atoms with Crippen molar-refractivity contribution in [2.24, 2.45) is 5.41 Å². The standard InChI is InChI=1S/C25H32N2O5/c1-15-22-18(28)12-25(2,3)13-21(22)32-23(15)24(29)26-7-9-27-8-6-16-10-19(30-4)20(31-5)11-17(16)14-27/h10-11H,6-9,12-14H2,1-5H3,(H,26,29). The van der Waals surface area contributed by atoms with Gasteiger partial charge in [-0.05, 0) is 42.0 Å². The molecule has 0 atom stereocenters. The minimum absolute atomic E-state index is 0.0654. The van der Waals surface area contributed by atoms with Gasteiger partial charge in [-0.3, -0.25) is 14.5 Å². The van der Waals surface area contributed by atoms with Crippen LogP contribution >= 0.6 is 0 Å². The molecule has 0 fully saturated rings. The number of Topliss-reactive ketones (excluding diaryl/α,β-unsaturated/α-hetero) is 1. The smallest absolute Gasteiger partial charge is 0.287 e. The molecule has 0 bridgehead atoms. The Morgan fingerprint density at radius 1 is 1.16 bits per heavy atom. The second kappa shape index (κ2) is 8.62. The zero-order valence-corrected chi connectivity index (χ0v) is 19.6. The van der Waals surface area contributed by atoms with E-state index in [1.165, 1.54) is 11.1 Å². The Kier molecular flexibility index (Phi) is 6.03. The molecule has 0 saturated heterocycles. The molecule has 0 saturated carbocycles. The molecule has 1 N–H and O–H groups in total. The zero-order valence-electron chi connectivity index (χ0n) is 19.6. The van der Waals surface area contributed by atoms with E-state index in [0.717, 1.165) is 37.6 Å². The number of ether oxygens (including phenoxy) is 2. The van der Waals surface area contributed by atoms with Gasteiger partial charge >= 0.3 is 0 Å². The van der Waals surface area contributed by atoms with E-state index in [9.17, 15) is 9.59 Å². The van der Waals surface area contributed by atoms with Crippen molar-refractivity contribution in [3.63, 3.8) is 0 Å². The lowest BCUT2D eigenvalue weighted by Gasteiger charge is -2.29. The topological polar surface area (TPSA) is 81.0 Å². The number of nitrogens with zero attached hydrogens (tertiary/aromatic N) is 1. The number of hydrogen-bond donors (Lipinski definition) is 1. The quantitative estimate of drug-likeness (QED) is 0.740. The fraction of sp³-hybridized carbons (Fsp3) is 0.520. The van der Waals surface area contributed by atoms with Gasteiger partial charge in [0.1, 0.15) is 5.76 Å². The monoisotopic (exact) mass is 440 g/mol. The van der Waals surface area contributed by atoms with Crippen LogP contribution in [0.3, 0.4) is 0 Å². The lowest BCUT2D eigenvalue weighted by atomic mass is 9.76. The Morgan fingerprint density at radius 2 is 1.84 bits per heavy atom. The summed E-state index contributed by atoms with van der Waals surface area (Å²) in [6.45, 7) is 8.84. The van der Waals surface area contributed by atoms with Crippen LogP contribution < -0.4 is 14.8 Å². The van der Waals surface area contributed by atoms with Crippen LogP contribution in [-0.4, -0.2) is 50.4 Å². The molecule has 0 spiro atoms. The number of amides is 1. The third-order valence-corrected chi connectivity index (χ3v) is 6.49. The molecule has 2 aliphatic rings. The Hall–Kier alpha value is -2.80. The Bertz CT molecular complexity index is 1050. The molecule has 7 heteroatoms. The summed E-state index contributed by atoms with van der Waals surface area (Å²) in [6.07, 6.45) is 2.07. The third-order valence-electron chi connectivity index (χ3n) is 6.49. The van der Waals surface area contributed by atoms with Crippen LogP contribution in [0.1, 0.15) is 63.6 Å². The van der Waals surface area contributed by atoms with Gasteiger partial charge in [0.2, 0.25) is 0 Å². The number of furan rings is 1. The summed E-state index contributed by atoms with van der Waals surface area (Å²) >= 11 is 0. The van der Waals surface area contributed by atoms with E-state index < -0.39 is 0 Å². The van der Waals surface area contributed by atoms with Gasteiger partial charge in [0.25, 0.3) is 5.91 Å². The number of hydrogen-bond acceptors (Lipinski definition) is 6. The van der Waals surface area contributed by atoms with Crippen molar-refractivity contribution in [1.82, 2.24) is 10.2 Å². The maximum Gasteiger partial charge on any atom is 0.287 e. The van der Waals surface area contributed by atoms with E-state index in [-0.39, 0.29) is 22.9 Å². The number of rotatable bonds is 6. The fourth-order valence-electron chi connectivity index (χ4n) is 4.84.